The van der Waals surface area contributed by atoms with E-state index in [1.54, 1.807) is 48.7 Å². The minimum absolute atomic E-state index is 0.211. The number of unbranched alkanes of at least 4 members (excludes halogenated alkanes) is 3. The minimum Gasteiger partial charge on any atom is -0.379 e. The first-order valence-electron chi connectivity index (χ1n) is 12.2. The number of hydrogen-bond donors (Lipinski definition) is 0. The summed E-state index contributed by atoms with van der Waals surface area (Å²) in [6.45, 7) is 8.78. The highest BCUT2D eigenvalue weighted by molar-refractivity contribution is 5.81. The van der Waals surface area contributed by atoms with Crippen molar-refractivity contribution >= 4 is 17.1 Å². The molecular formula is C29H34F2N2O. The van der Waals surface area contributed by atoms with Crippen molar-refractivity contribution in [1.29, 1.82) is 0 Å². The Balaban J connectivity index is 1.61. The zero-order valence-electron chi connectivity index (χ0n) is 20.2. The number of ether oxygens (including phenoxy) is 1. The fourth-order valence-corrected chi connectivity index (χ4v) is 3.83. The molecule has 1 unspecified atom stereocenters. The highest BCUT2D eigenvalue weighted by Crippen LogP contribution is 2.29. The summed E-state index contributed by atoms with van der Waals surface area (Å²) in [6, 6.07) is 8.49. The van der Waals surface area contributed by atoms with Crippen molar-refractivity contribution in [2.45, 2.75) is 64.9 Å². The summed E-state index contributed by atoms with van der Waals surface area (Å²) in [5.41, 5.74) is 3.19. The molecule has 2 aromatic carbocycles. The van der Waals surface area contributed by atoms with Crippen molar-refractivity contribution in [2.75, 3.05) is 6.61 Å². The Kier molecular flexibility index (Phi) is 9.89. The van der Waals surface area contributed by atoms with Gasteiger partial charge in [0.1, 0.15) is 0 Å². The Bertz CT molecular complexity index is 1130. The summed E-state index contributed by atoms with van der Waals surface area (Å²) in [5.74, 6) is -1.69. The van der Waals surface area contributed by atoms with E-state index in [1.165, 1.54) is 12.8 Å². The molecule has 0 amide bonds. The Morgan fingerprint density at radius 2 is 1.91 bits per heavy atom. The average Bonchev–Trinajstić information content (AvgIpc) is 2.84. The molecule has 180 valence electrons. The SMILES string of the molecule is C=CCc1cnc2cc(-c3ccc(C=CCCCC(C)OCCCCC)c(F)c3F)ccc2n1. The number of hydrogen-bond acceptors (Lipinski definition) is 3. The van der Waals surface area contributed by atoms with E-state index < -0.39 is 11.6 Å². The quantitative estimate of drug-likeness (QED) is 0.189. The number of benzene rings is 2. The van der Waals surface area contributed by atoms with Gasteiger partial charge in [0.15, 0.2) is 11.6 Å². The third-order valence-electron chi connectivity index (χ3n) is 5.80. The molecule has 3 rings (SSSR count). The molecule has 0 aliphatic heterocycles. The fraction of sp³-hybridized carbons (Fsp3) is 0.379. The van der Waals surface area contributed by atoms with E-state index in [-0.39, 0.29) is 17.2 Å². The molecule has 5 heteroatoms. The van der Waals surface area contributed by atoms with E-state index in [4.69, 9.17) is 4.74 Å². The lowest BCUT2D eigenvalue weighted by Crippen LogP contribution is -2.08. The van der Waals surface area contributed by atoms with Gasteiger partial charge in [-0.3, -0.25) is 4.98 Å². The summed E-state index contributed by atoms with van der Waals surface area (Å²) in [4.78, 5) is 8.92. The second-order valence-electron chi connectivity index (χ2n) is 8.61. The lowest BCUT2D eigenvalue weighted by molar-refractivity contribution is 0.0566. The Labute approximate surface area is 201 Å². The molecule has 0 N–H and O–H groups in total. The van der Waals surface area contributed by atoms with Gasteiger partial charge in [0.05, 0.1) is 22.8 Å². The van der Waals surface area contributed by atoms with E-state index >= 15 is 0 Å². The smallest absolute Gasteiger partial charge is 0.167 e. The van der Waals surface area contributed by atoms with Gasteiger partial charge in [-0.05, 0) is 50.3 Å². The van der Waals surface area contributed by atoms with Gasteiger partial charge in [0.25, 0.3) is 0 Å². The van der Waals surface area contributed by atoms with Crippen LogP contribution in [-0.2, 0) is 11.2 Å². The van der Waals surface area contributed by atoms with Crippen LogP contribution in [0, 0.1) is 11.6 Å². The molecule has 0 saturated carbocycles. The maximum atomic E-state index is 14.9. The van der Waals surface area contributed by atoms with Crippen LogP contribution in [0.3, 0.4) is 0 Å². The molecule has 0 aliphatic carbocycles. The summed E-state index contributed by atoms with van der Waals surface area (Å²) >= 11 is 0. The van der Waals surface area contributed by atoms with Gasteiger partial charge in [0.2, 0.25) is 0 Å². The van der Waals surface area contributed by atoms with E-state index in [1.807, 2.05) is 6.08 Å². The molecule has 1 aromatic heterocycles. The van der Waals surface area contributed by atoms with Crippen LogP contribution in [0.5, 0.6) is 0 Å². The number of halogens is 2. The molecule has 34 heavy (non-hydrogen) atoms. The Morgan fingerprint density at radius 1 is 1.06 bits per heavy atom. The first-order valence-corrected chi connectivity index (χ1v) is 12.2. The van der Waals surface area contributed by atoms with Gasteiger partial charge in [0, 0.05) is 30.4 Å². The van der Waals surface area contributed by atoms with Crippen LogP contribution in [0.4, 0.5) is 8.78 Å². The van der Waals surface area contributed by atoms with Crippen LogP contribution in [0.2, 0.25) is 0 Å². The third kappa shape index (κ3) is 7.04. The first-order chi connectivity index (χ1) is 16.5. The topological polar surface area (TPSA) is 35.0 Å². The van der Waals surface area contributed by atoms with Crippen molar-refractivity contribution in [3.8, 4) is 11.1 Å². The number of fused-ring (bicyclic) bond motifs is 1. The monoisotopic (exact) mass is 464 g/mol. The average molecular weight is 465 g/mol. The molecular weight excluding hydrogens is 430 g/mol. The molecule has 1 atom stereocenters. The second kappa shape index (κ2) is 13.1. The lowest BCUT2D eigenvalue weighted by atomic mass is 10.0. The molecule has 0 aliphatic rings. The van der Waals surface area contributed by atoms with Gasteiger partial charge >= 0.3 is 0 Å². The first kappa shape index (κ1) is 25.7. The largest absolute Gasteiger partial charge is 0.379 e. The van der Waals surface area contributed by atoms with E-state index in [9.17, 15) is 8.78 Å². The molecule has 0 saturated heterocycles. The van der Waals surface area contributed by atoms with Gasteiger partial charge in [-0.15, -0.1) is 6.58 Å². The maximum absolute atomic E-state index is 14.9. The van der Waals surface area contributed by atoms with Crippen molar-refractivity contribution in [3.05, 3.63) is 78.2 Å². The van der Waals surface area contributed by atoms with Crippen LogP contribution >= 0.6 is 0 Å². The molecule has 3 aromatic rings. The highest BCUT2D eigenvalue weighted by Gasteiger charge is 2.14. The van der Waals surface area contributed by atoms with Crippen molar-refractivity contribution < 1.29 is 13.5 Å². The molecule has 0 radical (unpaired) electrons. The molecule has 3 nitrogen and oxygen atoms in total. The van der Waals surface area contributed by atoms with E-state index in [0.717, 1.165) is 38.0 Å². The molecule has 0 spiro atoms. The van der Waals surface area contributed by atoms with E-state index in [0.29, 0.717) is 23.0 Å². The minimum atomic E-state index is -0.855. The molecule has 0 bridgehead atoms. The second-order valence-corrected chi connectivity index (χ2v) is 8.61. The predicted octanol–water partition coefficient (Wildman–Crippen LogP) is 8.08. The van der Waals surface area contributed by atoms with Crippen LogP contribution in [0.1, 0.15) is 63.6 Å². The predicted molar refractivity (Wildman–Crippen MR) is 137 cm³/mol. The van der Waals surface area contributed by atoms with Gasteiger partial charge in [-0.25, -0.2) is 13.8 Å². The van der Waals surface area contributed by atoms with Crippen molar-refractivity contribution in [1.82, 2.24) is 9.97 Å². The lowest BCUT2D eigenvalue weighted by Gasteiger charge is -2.12. The van der Waals surface area contributed by atoms with Gasteiger partial charge < -0.3 is 4.74 Å². The fourth-order valence-electron chi connectivity index (χ4n) is 3.83. The van der Waals surface area contributed by atoms with Gasteiger partial charge in [-0.2, -0.15) is 0 Å². The van der Waals surface area contributed by atoms with Gasteiger partial charge in [-0.1, -0.05) is 56.2 Å². The standard InChI is InChI=1S/C29H34F2N2O/c1-4-6-10-18-34-21(3)12-8-7-9-13-22-14-16-25(29(31)28(22)30)23-15-17-26-27(19-23)32-20-24(33-26)11-5-2/h5,9,13-17,19-21H,2,4,6-8,10-12,18H2,1,3H3. The zero-order chi connectivity index (χ0) is 24.3. The number of allylic oxidation sites excluding steroid dienone is 2. The third-order valence-corrected chi connectivity index (χ3v) is 5.80. The summed E-state index contributed by atoms with van der Waals surface area (Å²) in [5, 5.41) is 0. The van der Waals surface area contributed by atoms with E-state index in [2.05, 4.69) is 30.4 Å². The Hall–Kier alpha value is -2.92. The number of rotatable bonds is 13. The van der Waals surface area contributed by atoms with Crippen LogP contribution in [0.25, 0.3) is 28.2 Å². The molecule has 1 heterocycles. The summed E-state index contributed by atoms with van der Waals surface area (Å²) in [7, 11) is 0. The van der Waals surface area contributed by atoms with Crippen LogP contribution in [-0.4, -0.2) is 22.7 Å². The Morgan fingerprint density at radius 3 is 2.71 bits per heavy atom. The molecule has 0 fully saturated rings. The summed E-state index contributed by atoms with van der Waals surface area (Å²) < 4.78 is 35.4. The number of nitrogens with zero attached hydrogens (tertiary/aromatic N) is 2. The normalized spacial score (nSPS) is 12.5. The number of aromatic nitrogens is 2. The zero-order valence-corrected chi connectivity index (χ0v) is 20.2. The van der Waals surface area contributed by atoms with Crippen molar-refractivity contribution in [3.63, 3.8) is 0 Å². The summed E-state index contributed by atoms with van der Waals surface area (Å²) in [6.07, 6.45) is 14.0. The maximum Gasteiger partial charge on any atom is 0.167 e. The van der Waals surface area contributed by atoms with Crippen LogP contribution < -0.4 is 0 Å². The van der Waals surface area contributed by atoms with Crippen molar-refractivity contribution in [2.24, 2.45) is 0 Å². The van der Waals surface area contributed by atoms with Crippen LogP contribution in [0.15, 0.2) is 55.3 Å². The highest BCUT2D eigenvalue weighted by atomic mass is 19.2.